The lowest BCUT2D eigenvalue weighted by Crippen LogP contribution is -2.65. The van der Waals surface area contributed by atoms with Crippen molar-refractivity contribution < 1.29 is 9.59 Å². The first-order valence-corrected chi connectivity index (χ1v) is 13.3. The van der Waals surface area contributed by atoms with Crippen molar-refractivity contribution in [3.8, 4) is 0 Å². The van der Waals surface area contributed by atoms with Crippen molar-refractivity contribution in [2.45, 2.75) is 32.9 Å². The zero-order valence-corrected chi connectivity index (χ0v) is 22.5. The maximum absolute atomic E-state index is 14.2. The Morgan fingerprint density at radius 1 is 0.872 bits per heavy atom. The quantitative estimate of drug-likeness (QED) is 0.283. The Bertz CT molecular complexity index is 1510. The molecule has 198 valence electrons. The highest BCUT2D eigenvalue weighted by atomic mass is 16.2. The molecule has 1 atom stereocenters. The lowest BCUT2D eigenvalue weighted by atomic mass is 9.93. The first kappa shape index (κ1) is 26.0. The van der Waals surface area contributed by atoms with E-state index in [0.717, 1.165) is 35.1 Å². The maximum Gasteiger partial charge on any atom is 0.300 e. The first-order chi connectivity index (χ1) is 18.9. The number of benzene rings is 4. The van der Waals surface area contributed by atoms with Crippen LogP contribution in [-0.2, 0) is 16.0 Å². The smallest absolute Gasteiger partial charge is 0.300 e. The molecular weight excluding hydrogens is 486 g/mol. The number of hydrazone groups is 1. The molecule has 5 rings (SSSR count). The highest BCUT2D eigenvalue weighted by Gasteiger charge is 2.52. The number of para-hydroxylation sites is 1. The lowest BCUT2D eigenvalue weighted by Gasteiger charge is -2.32. The molecule has 2 N–H and O–H groups in total. The molecule has 4 aromatic carbocycles. The molecule has 1 aliphatic rings. The molecule has 7 nitrogen and oxygen atoms in total. The number of hydrogen-bond donors (Lipinski definition) is 2. The van der Waals surface area contributed by atoms with Crippen molar-refractivity contribution in [2.75, 3.05) is 28.3 Å². The molecule has 0 fully saturated rings. The van der Waals surface area contributed by atoms with Crippen LogP contribution in [0.1, 0.15) is 26.3 Å². The van der Waals surface area contributed by atoms with Gasteiger partial charge in [0.2, 0.25) is 11.6 Å². The van der Waals surface area contributed by atoms with Crippen LogP contribution in [-0.4, -0.2) is 36.3 Å². The second-order valence-corrected chi connectivity index (χ2v) is 9.59. The maximum atomic E-state index is 14.2. The fourth-order valence-corrected chi connectivity index (χ4v) is 5.17. The summed E-state index contributed by atoms with van der Waals surface area (Å²) in [6.45, 7) is 7.44. The molecule has 0 saturated heterocycles. The van der Waals surface area contributed by atoms with Crippen LogP contribution in [0.4, 0.5) is 17.1 Å². The van der Waals surface area contributed by atoms with E-state index in [4.69, 9.17) is 5.10 Å². The summed E-state index contributed by atoms with van der Waals surface area (Å²) in [7, 11) is 0. The number of hydrogen-bond acceptors (Lipinski definition) is 5. The average Bonchev–Trinajstić information content (AvgIpc) is 3.21. The van der Waals surface area contributed by atoms with Gasteiger partial charge < -0.3 is 15.5 Å². The van der Waals surface area contributed by atoms with Crippen molar-refractivity contribution in [3.63, 3.8) is 0 Å². The summed E-state index contributed by atoms with van der Waals surface area (Å²) in [5, 5.41) is 14.7. The van der Waals surface area contributed by atoms with Gasteiger partial charge in [-0.1, -0.05) is 60.7 Å². The molecular formula is C32H33N5O2. The minimum absolute atomic E-state index is 0.337. The minimum Gasteiger partial charge on any atom is -0.372 e. The molecule has 2 amide bonds. The van der Waals surface area contributed by atoms with Gasteiger partial charge in [-0.3, -0.25) is 9.59 Å². The molecule has 0 aliphatic carbocycles. The van der Waals surface area contributed by atoms with E-state index in [-0.39, 0.29) is 11.8 Å². The average molecular weight is 520 g/mol. The fourth-order valence-electron chi connectivity index (χ4n) is 5.17. The number of nitrogens with zero attached hydrogens (tertiary/aromatic N) is 3. The number of carbonyl (C=O) groups is 2. The monoisotopic (exact) mass is 519 g/mol. The molecule has 0 bridgehead atoms. The van der Waals surface area contributed by atoms with Crippen LogP contribution in [0.2, 0.25) is 0 Å². The summed E-state index contributed by atoms with van der Waals surface area (Å²) in [4.78, 5) is 29.1. The largest absolute Gasteiger partial charge is 0.372 e. The van der Waals surface area contributed by atoms with Crippen molar-refractivity contribution >= 4 is 45.4 Å². The fraction of sp³-hybridized carbons (Fsp3) is 0.219. The van der Waals surface area contributed by atoms with Crippen molar-refractivity contribution in [2.24, 2.45) is 5.10 Å². The second kappa shape index (κ2) is 11.0. The minimum atomic E-state index is -1.56. The van der Waals surface area contributed by atoms with E-state index >= 15 is 0 Å². The lowest BCUT2D eigenvalue weighted by molar-refractivity contribution is -0.127. The third kappa shape index (κ3) is 5.08. The number of fused-ring (bicyclic) bond motifs is 1. The Kier molecular flexibility index (Phi) is 7.32. The zero-order valence-electron chi connectivity index (χ0n) is 22.5. The standard InChI is InChI=1S/C32H33N5O2/c1-4-36(5-2)27-20-18-26(19-21-27)34-32(33-23(3)38)30(35-37(31(32)39)28-15-7-6-8-16-28)22-25-14-11-13-24-12-9-10-17-29(24)25/h6-21,34H,4-5,22H2,1-3H3,(H,33,38). The highest BCUT2D eigenvalue weighted by molar-refractivity contribution is 6.26. The van der Waals surface area contributed by atoms with Crippen molar-refractivity contribution in [3.05, 3.63) is 103 Å². The Hall–Kier alpha value is -4.65. The van der Waals surface area contributed by atoms with E-state index in [1.807, 2.05) is 78.9 Å². The van der Waals surface area contributed by atoms with Gasteiger partial charge in [0.25, 0.3) is 5.91 Å². The van der Waals surface area contributed by atoms with Crippen molar-refractivity contribution in [1.29, 1.82) is 0 Å². The van der Waals surface area contributed by atoms with Crippen LogP contribution in [0.15, 0.2) is 102 Å². The summed E-state index contributed by atoms with van der Waals surface area (Å²) in [6, 6.07) is 31.4. The first-order valence-electron chi connectivity index (χ1n) is 13.3. The van der Waals surface area contributed by atoms with Crippen LogP contribution >= 0.6 is 0 Å². The van der Waals surface area contributed by atoms with Gasteiger partial charge in [-0.2, -0.15) is 10.1 Å². The van der Waals surface area contributed by atoms with E-state index in [1.54, 1.807) is 0 Å². The molecule has 1 heterocycles. The summed E-state index contributed by atoms with van der Waals surface area (Å²) >= 11 is 0. The second-order valence-electron chi connectivity index (χ2n) is 9.59. The van der Waals surface area contributed by atoms with E-state index in [1.165, 1.54) is 11.9 Å². The molecule has 0 aromatic heterocycles. The predicted molar refractivity (Wildman–Crippen MR) is 159 cm³/mol. The summed E-state index contributed by atoms with van der Waals surface area (Å²) in [5.74, 6) is -0.705. The zero-order chi connectivity index (χ0) is 27.4. The number of rotatable bonds is 9. The molecule has 39 heavy (non-hydrogen) atoms. The van der Waals surface area contributed by atoms with Crippen LogP contribution in [0.3, 0.4) is 0 Å². The Morgan fingerprint density at radius 2 is 1.54 bits per heavy atom. The van der Waals surface area contributed by atoms with Crippen LogP contribution in [0.25, 0.3) is 10.8 Å². The SMILES string of the molecule is CCN(CC)c1ccc(NC2(NC(C)=O)C(=O)N(c3ccccc3)N=C2Cc2cccc3ccccc23)cc1. The molecule has 0 radical (unpaired) electrons. The van der Waals surface area contributed by atoms with Crippen LogP contribution in [0, 0.1) is 0 Å². The summed E-state index contributed by atoms with van der Waals surface area (Å²) < 4.78 is 0. The Labute approximate surface area is 229 Å². The third-order valence-electron chi connectivity index (χ3n) is 7.10. The molecule has 0 spiro atoms. The normalized spacial score (nSPS) is 16.7. The topological polar surface area (TPSA) is 77.0 Å². The van der Waals surface area contributed by atoms with Crippen molar-refractivity contribution in [1.82, 2.24) is 5.32 Å². The molecule has 4 aromatic rings. The van der Waals surface area contributed by atoms with E-state index in [2.05, 4.69) is 47.6 Å². The summed E-state index contributed by atoms with van der Waals surface area (Å²) in [5.41, 5.74) is 2.39. The van der Waals surface area contributed by atoms with Gasteiger partial charge in [0, 0.05) is 37.8 Å². The molecule has 1 unspecified atom stereocenters. The van der Waals surface area contributed by atoms with Gasteiger partial charge >= 0.3 is 0 Å². The summed E-state index contributed by atoms with van der Waals surface area (Å²) in [6.07, 6.45) is 0.362. The molecule has 1 aliphatic heterocycles. The van der Waals surface area contributed by atoms with Gasteiger partial charge in [-0.15, -0.1) is 0 Å². The molecule has 7 heteroatoms. The van der Waals surface area contributed by atoms with Gasteiger partial charge in [0.15, 0.2) is 0 Å². The van der Waals surface area contributed by atoms with Crippen LogP contribution in [0.5, 0.6) is 0 Å². The predicted octanol–water partition coefficient (Wildman–Crippen LogP) is 5.58. The van der Waals surface area contributed by atoms with Gasteiger partial charge in [-0.05, 0) is 66.6 Å². The number of anilines is 3. The number of amides is 2. The van der Waals surface area contributed by atoms with Gasteiger partial charge in [-0.25, -0.2) is 0 Å². The van der Waals surface area contributed by atoms with Gasteiger partial charge in [0.05, 0.1) is 11.4 Å². The molecule has 0 saturated carbocycles. The highest BCUT2D eigenvalue weighted by Crippen LogP contribution is 2.32. The Morgan fingerprint density at radius 3 is 2.23 bits per heavy atom. The van der Waals surface area contributed by atoms with Gasteiger partial charge in [0.1, 0.15) is 0 Å². The Balaban J connectivity index is 1.60. The number of carbonyl (C=O) groups excluding carboxylic acids is 2. The van der Waals surface area contributed by atoms with Crippen LogP contribution < -0.4 is 20.5 Å². The number of nitrogens with one attached hydrogen (secondary N) is 2. The van der Waals surface area contributed by atoms with E-state index < -0.39 is 5.66 Å². The third-order valence-corrected chi connectivity index (χ3v) is 7.10. The van der Waals surface area contributed by atoms with E-state index in [0.29, 0.717) is 23.5 Å². The van der Waals surface area contributed by atoms with E-state index in [9.17, 15) is 9.59 Å².